The Bertz CT molecular complexity index is 463. The second-order valence-electron chi connectivity index (χ2n) is 5.73. The fourth-order valence-electron chi connectivity index (χ4n) is 2.77. The van der Waals surface area contributed by atoms with Crippen LogP contribution in [-0.4, -0.2) is 45.6 Å². The lowest BCUT2D eigenvalue weighted by atomic mass is 9.92. The summed E-state index contributed by atoms with van der Waals surface area (Å²) in [5.74, 6) is 0.707. The van der Waals surface area contributed by atoms with Crippen molar-refractivity contribution in [3.8, 4) is 5.88 Å². The molecular weight excluding hydrogens is 263 g/mol. The molecule has 2 aliphatic rings. The van der Waals surface area contributed by atoms with Crippen molar-refractivity contribution in [1.29, 1.82) is 0 Å². The number of likely N-dealkylation sites (tertiary alicyclic amines) is 1. The van der Waals surface area contributed by atoms with Crippen LogP contribution in [0.15, 0.2) is 18.3 Å². The Morgan fingerprint density at radius 1 is 1.53 bits per heavy atom. The first-order valence-electron chi connectivity index (χ1n) is 6.73. The fourth-order valence-corrected chi connectivity index (χ4v) is 4.32. The maximum Gasteiger partial charge on any atom is 0.250 e. The van der Waals surface area contributed by atoms with E-state index in [4.69, 9.17) is 4.74 Å². The Balaban J connectivity index is 1.57. The van der Waals surface area contributed by atoms with Gasteiger partial charge in [-0.1, -0.05) is 0 Å². The second-order valence-corrected chi connectivity index (χ2v) is 7.22. The average Bonchev–Trinajstić information content (AvgIpc) is 2.74. The standard InChI is InChI=1S/C14H19FN2OS/c1-10(2)17-8-14(9-17)6-11(7-19-14)18-13-12(15)4-3-5-16-13/h3-5,10-11H,6-9H2,1-2H3/t11-/m0/s1. The molecular formula is C14H19FN2OS. The van der Waals surface area contributed by atoms with E-state index in [1.807, 2.05) is 11.8 Å². The van der Waals surface area contributed by atoms with Crippen molar-refractivity contribution in [1.82, 2.24) is 9.88 Å². The summed E-state index contributed by atoms with van der Waals surface area (Å²) < 4.78 is 19.5. The van der Waals surface area contributed by atoms with Crippen molar-refractivity contribution in [2.75, 3.05) is 18.8 Å². The van der Waals surface area contributed by atoms with E-state index in [1.54, 1.807) is 12.3 Å². The van der Waals surface area contributed by atoms with Crippen molar-refractivity contribution in [2.24, 2.45) is 0 Å². The van der Waals surface area contributed by atoms with Gasteiger partial charge in [-0.3, -0.25) is 4.90 Å². The number of aromatic nitrogens is 1. The van der Waals surface area contributed by atoms with Crippen molar-refractivity contribution in [3.05, 3.63) is 24.1 Å². The number of nitrogens with zero attached hydrogens (tertiary/aromatic N) is 2. The second kappa shape index (κ2) is 4.94. The van der Waals surface area contributed by atoms with Gasteiger partial charge in [0.05, 0.1) is 0 Å². The monoisotopic (exact) mass is 282 g/mol. The normalized spacial score (nSPS) is 25.8. The molecule has 2 saturated heterocycles. The molecule has 5 heteroatoms. The van der Waals surface area contributed by atoms with Gasteiger partial charge in [-0.2, -0.15) is 0 Å². The highest BCUT2D eigenvalue weighted by Crippen LogP contribution is 2.46. The molecule has 104 valence electrons. The van der Waals surface area contributed by atoms with Crippen molar-refractivity contribution < 1.29 is 9.13 Å². The summed E-state index contributed by atoms with van der Waals surface area (Å²) in [7, 11) is 0. The van der Waals surface area contributed by atoms with Crippen LogP contribution in [0.4, 0.5) is 4.39 Å². The molecule has 0 radical (unpaired) electrons. The molecule has 0 saturated carbocycles. The van der Waals surface area contributed by atoms with Crippen LogP contribution in [0.5, 0.6) is 5.88 Å². The molecule has 0 aromatic carbocycles. The Morgan fingerprint density at radius 3 is 3.00 bits per heavy atom. The maximum atomic E-state index is 13.5. The number of pyridine rings is 1. The number of hydrogen-bond acceptors (Lipinski definition) is 4. The molecule has 1 spiro atoms. The zero-order valence-electron chi connectivity index (χ0n) is 11.3. The largest absolute Gasteiger partial charge is 0.471 e. The van der Waals surface area contributed by atoms with Gasteiger partial charge in [0.1, 0.15) is 6.10 Å². The van der Waals surface area contributed by atoms with Crippen LogP contribution in [-0.2, 0) is 0 Å². The molecule has 1 aromatic heterocycles. The first kappa shape index (κ1) is 13.2. The summed E-state index contributed by atoms with van der Waals surface area (Å²) in [6.45, 7) is 6.70. The summed E-state index contributed by atoms with van der Waals surface area (Å²) in [5.41, 5.74) is 0. The lowest BCUT2D eigenvalue weighted by Gasteiger charge is -2.49. The highest BCUT2D eigenvalue weighted by molar-refractivity contribution is 8.01. The molecule has 2 fully saturated rings. The molecule has 3 heterocycles. The van der Waals surface area contributed by atoms with Crippen LogP contribution in [0, 0.1) is 5.82 Å². The Kier molecular flexibility index (Phi) is 3.43. The highest BCUT2D eigenvalue weighted by atomic mass is 32.2. The Morgan fingerprint density at radius 2 is 2.32 bits per heavy atom. The minimum atomic E-state index is -0.370. The number of rotatable bonds is 3. The summed E-state index contributed by atoms with van der Waals surface area (Å²) >= 11 is 1.97. The molecule has 2 aliphatic heterocycles. The van der Waals surface area contributed by atoms with Gasteiger partial charge in [0.15, 0.2) is 5.82 Å². The Hall–Kier alpha value is -0.810. The van der Waals surface area contributed by atoms with Crippen LogP contribution < -0.4 is 4.74 Å². The highest BCUT2D eigenvalue weighted by Gasteiger charge is 2.50. The van der Waals surface area contributed by atoms with Crippen LogP contribution in [0.2, 0.25) is 0 Å². The van der Waals surface area contributed by atoms with E-state index in [2.05, 4.69) is 23.7 Å². The van der Waals surface area contributed by atoms with Gasteiger partial charge < -0.3 is 4.74 Å². The molecule has 0 N–H and O–H groups in total. The van der Waals surface area contributed by atoms with Crippen LogP contribution in [0.25, 0.3) is 0 Å². The van der Waals surface area contributed by atoms with Crippen molar-refractivity contribution in [3.63, 3.8) is 0 Å². The smallest absolute Gasteiger partial charge is 0.250 e. The lowest BCUT2D eigenvalue weighted by Crippen LogP contribution is -2.61. The van der Waals surface area contributed by atoms with Gasteiger partial charge in [0.25, 0.3) is 5.88 Å². The fraction of sp³-hybridized carbons (Fsp3) is 0.643. The third kappa shape index (κ3) is 2.58. The molecule has 0 bridgehead atoms. The van der Waals surface area contributed by atoms with E-state index < -0.39 is 0 Å². The molecule has 3 nitrogen and oxygen atoms in total. The van der Waals surface area contributed by atoms with Gasteiger partial charge in [0, 0.05) is 42.2 Å². The number of halogens is 1. The molecule has 1 aromatic rings. The first-order chi connectivity index (χ1) is 9.08. The van der Waals surface area contributed by atoms with E-state index in [0.717, 1.165) is 25.3 Å². The third-order valence-corrected chi connectivity index (χ3v) is 5.47. The van der Waals surface area contributed by atoms with Crippen molar-refractivity contribution in [2.45, 2.75) is 37.2 Å². The minimum Gasteiger partial charge on any atom is -0.471 e. The minimum absolute atomic E-state index is 0.0868. The Labute approximate surface area is 117 Å². The number of ether oxygens (including phenoxy) is 1. The van der Waals surface area contributed by atoms with Gasteiger partial charge in [-0.15, -0.1) is 11.8 Å². The first-order valence-corrected chi connectivity index (χ1v) is 7.72. The summed E-state index contributed by atoms with van der Waals surface area (Å²) in [6, 6.07) is 3.59. The maximum absolute atomic E-state index is 13.5. The lowest BCUT2D eigenvalue weighted by molar-refractivity contribution is 0.0698. The SMILES string of the molecule is CC(C)N1CC2(C[C@H](Oc3ncccc3F)CS2)C1. The van der Waals surface area contributed by atoms with Crippen LogP contribution >= 0.6 is 11.8 Å². The predicted molar refractivity (Wildman–Crippen MR) is 75.1 cm³/mol. The van der Waals surface area contributed by atoms with Gasteiger partial charge in [-0.25, -0.2) is 9.37 Å². The van der Waals surface area contributed by atoms with Gasteiger partial charge in [-0.05, 0) is 26.0 Å². The van der Waals surface area contributed by atoms with Crippen molar-refractivity contribution >= 4 is 11.8 Å². The van der Waals surface area contributed by atoms with E-state index in [9.17, 15) is 4.39 Å². The molecule has 0 unspecified atom stereocenters. The molecule has 0 amide bonds. The third-order valence-electron chi connectivity index (χ3n) is 3.89. The van der Waals surface area contributed by atoms with Gasteiger partial charge >= 0.3 is 0 Å². The van der Waals surface area contributed by atoms with Crippen LogP contribution in [0.1, 0.15) is 20.3 Å². The number of hydrogen-bond donors (Lipinski definition) is 0. The summed E-state index contributed by atoms with van der Waals surface area (Å²) in [6.07, 6.45) is 2.65. The number of thioether (sulfide) groups is 1. The summed E-state index contributed by atoms with van der Waals surface area (Å²) in [5, 5.41) is 0. The summed E-state index contributed by atoms with van der Waals surface area (Å²) in [4.78, 5) is 6.43. The predicted octanol–water partition coefficient (Wildman–Crippen LogP) is 2.57. The zero-order chi connectivity index (χ0) is 13.5. The van der Waals surface area contributed by atoms with E-state index in [0.29, 0.717) is 10.8 Å². The van der Waals surface area contributed by atoms with E-state index in [1.165, 1.54) is 6.07 Å². The quantitative estimate of drug-likeness (QED) is 0.851. The van der Waals surface area contributed by atoms with E-state index in [-0.39, 0.29) is 17.8 Å². The molecule has 19 heavy (non-hydrogen) atoms. The van der Waals surface area contributed by atoms with Gasteiger partial charge in [0.2, 0.25) is 0 Å². The molecule has 3 rings (SSSR count). The molecule has 0 aliphatic carbocycles. The van der Waals surface area contributed by atoms with Crippen LogP contribution in [0.3, 0.4) is 0 Å². The molecule has 1 atom stereocenters. The van der Waals surface area contributed by atoms with E-state index >= 15 is 0 Å². The topological polar surface area (TPSA) is 25.4 Å². The zero-order valence-corrected chi connectivity index (χ0v) is 12.1. The average molecular weight is 282 g/mol.